The second-order valence-electron chi connectivity index (χ2n) is 5.49. The van der Waals surface area contributed by atoms with Crippen molar-refractivity contribution in [1.29, 1.82) is 0 Å². The molecular formula is C16H18N4O2S. The molecule has 0 spiro atoms. The summed E-state index contributed by atoms with van der Waals surface area (Å²) < 4.78 is 0. The predicted molar refractivity (Wildman–Crippen MR) is 92.9 cm³/mol. The molecule has 0 aliphatic heterocycles. The molecule has 3 aromatic rings. The SMILES string of the molecule is C[C@@H](c1cccs1)N(C)CC(=O)Nc1ccc2[nH]c(=O)[nH]c2c1. The normalized spacial score (nSPS) is 12.7. The van der Waals surface area contributed by atoms with Crippen molar-refractivity contribution in [3.05, 3.63) is 51.1 Å². The van der Waals surface area contributed by atoms with Crippen molar-refractivity contribution < 1.29 is 4.79 Å². The molecule has 1 amide bonds. The minimum atomic E-state index is -0.256. The summed E-state index contributed by atoms with van der Waals surface area (Å²) in [5.41, 5.74) is 1.80. The number of amides is 1. The summed E-state index contributed by atoms with van der Waals surface area (Å²) in [6, 6.07) is 9.54. The molecule has 23 heavy (non-hydrogen) atoms. The monoisotopic (exact) mass is 330 g/mol. The minimum absolute atomic E-state index is 0.0897. The number of fused-ring (bicyclic) bond motifs is 1. The van der Waals surface area contributed by atoms with Gasteiger partial charge in [-0.25, -0.2) is 4.79 Å². The summed E-state index contributed by atoms with van der Waals surface area (Å²) in [6.45, 7) is 2.37. The van der Waals surface area contributed by atoms with Gasteiger partial charge in [-0.2, -0.15) is 0 Å². The van der Waals surface area contributed by atoms with E-state index in [0.717, 1.165) is 5.52 Å². The van der Waals surface area contributed by atoms with Crippen molar-refractivity contribution in [3.8, 4) is 0 Å². The van der Waals surface area contributed by atoms with Crippen molar-refractivity contribution in [3.63, 3.8) is 0 Å². The summed E-state index contributed by atoms with van der Waals surface area (Å²) in [7, 11) is 1.93. The number of hydrogen-bond donors (Lipinski definition) is 3. The van der Waals surface area contributed by atoms with E-state index in [-0.39, 0.29) is 17.6 Å². The number of imidazole rings is 1. The second kappa shape index (κ2) is 6.39. The van der Waals surface area contributed by atoms with Crippen molar-refractivity contribution in [2.24, 2.45) is 0 Å². The first-order valence-electron chi connectivity index (χ1n) is 7.28. The maximum absolute atomic E-state index is 12.2. The molecule has 7 heteroatoms. The summed E-state index contributed by atoms with van der Waals surface area (Å²) in [5, 5.41) is 4.90. The molecule has 3 rings (SSSR count). The molecule has 0 aliphatic rings. The molecule has 2 aromatic heterocycles. The lowest BCUT2D eigenvalue weighted by atomic mass is 10.2. The van der Waals surface area contributed by atoms with Gasteiger partial charge in [0, 0.05) is 16.6 Å². The Hall–Kier alpha value is -2.38. The maximum Gasteiger partial charge on any atom is 0.323 e. The quantitative estimate of drug-likeness (QED) is 0.672. The van der Waals surface area contributed by atoms with E-state index in [0.29, 0.717) is 17.7 Å². The number of likely N-dealkylation sites (N-methyl/N-ethyl adjacent to an activating group) is 1. The average Bonchev–Trinajstić information content (AvgIpc) is 3.14. The number of H-pyrrole nitrogens is 2. The van der Waals surface area contributed by atoms with E-state index in [1.54, 1.807) is 29.5 Å². The molecule has 0 unspecified atom stereocenters. The third kappa shape index (κ3) is 3.52. The van der Waals surface area contributed by atoms with Crippen LogP contribution in [0, 0.1) is 0 Å². The zero-order chi connectivity index (χ0) is 16.4. The van der Waals surface area contributed by atoms with Crippen LogP contribution in [0.5, 0.6) is 0 Å². The Balaban J connectivity index is 1.64. The standard InChI is InChI=1S/C16H18N4O2S/c1-10(14-4-3-7-23-14)20(2)9-15(21)17-11-5-6-12-13(8-11)19-16(22)18-12/h3-8,10H,9H2,1-2H3,(H,17,21)(H2,18,19,22)/t10-/m0/s1. The van der Waals surface area contributed by atoms with Gasteiger partial charge in [0.25, 0.3) is 0 Å². The van der Waals surface area contributed by atoms with Gasteiger partial charge in [0.05, 0.1) is 17.6 Å². The number of rotatable bonds is 5. The van der Waals surface area contributed by atoms with Gasteiger partial charge < -0.3 is 15.3 Å². The van der Waals surface area contributed by atoms with Crippen LogP contribution in [0.25, 0.3) is 11.0 Å². The van der Waals surface area contributed by atoms with E-state index in [1.807, 2.05) is 23.4 Å². The van der Waals surface area contributed by atoms with Gasteiger partial charge in [0.2, 0.25) is 5.91 Å². The highest BCUT2D eigenvalue weighted by molar-refractivity contribution is 7.10. The highest BCUT2D eigenvalue weighted by Crippen LogP contribution is 2.23. The molecule has 1 atom stereocenters. The molecule has 0 fully saturated rings. The molecule has 0 bridgehead atoms. The van der Waals surface area contributed by atoms with Gasteiger partial charge in [-0.15, -0.1) is 11.3 Å². The molecule has 6 nitrogen and oxygen atoms in total. The molecule has 3 N–H and O–H groups in total. The predicted octanol–water partition coefficient (Wildman–Crippen LogP) is 2.55. The third-order valence-corrected chi connectivity index (χ3v) is 4.85. The van der Waals surface area contributed by atoms with E-state index < -0.39 is 0 Å². The molecule has 120 valence electrons. The lowest BCUT2D eigenvalue weighted by Crippen LogP contribution is -2.31. The second-order valence-corrected chi connectivity index (χ2v) is 6.47. The van der Waals surface area contributed by atoms with Gasteiger partial charge in [-0.05, 0) is 43.6 Å². The van der Waals surface area contributed by atoms with E-state index in [4.69, 9.17) is 0 Å². The highest BCUT2D eigenvalue weighted by Gasteiger charge is 2.15. The molecule has 0 saturated carbocycles. The van der Waals surface area contributed by atoms with Crippen molar-refractivity contribution >= 4 is 34.0 Å². The van der Waals surface area contributed by atoms with Crippen molar-refractivity contribution in [2.45, 2.75) is 13.0 Å². The van der Waals surface area contributed by atoms with Crippen LogP contribution in [0.2, 0.25) is 0 Å². The van der Waals surface area contributed by atoms with Gasteiger partial charge in [-0.1, -0.05) is 6.07 Å². The van der Waals surface area contributed by atoms with E-state index in [9.17, 15) is 9.59 Å². The fraction of sp³-hybridized carbons (Fsp3) is 0.250. The van der Waals surface area contributed by atoms with Crippen LogP contribution in [0.15, 0.2) is 40.5 Å². The summed E-state index contributed by atoms with van der Waals surface area (Å²) >= 11 is 1.68. The first-order chi connectivity index (χ1) is 11.0. The molecule has 1 aromatic carbocycles. The van der Waals surface area contributed by atoms with Gasteiger partial charge >= 0.3 is 5.69 Å². The number of carbonyl (C=O) groups is 1. The highest BCUT2D eigenvalue weighted by atomic mass is 32.1. The topological polar surface area (TPSA) is 81.0 Å². The molecule has 2 heterocycles. The summed E-state index contributed by atoms with van der Waals surface area (Å²) in [4.78, 5) is 32.0. The zero-order valence-electron chi connectivity index (χ0n) is 12.9. The Bertz CT molecular complexity index is 866. The number of benzene rings is 1. The fourth-order valence-corrected chi connectivity index (χ4v) is 3.27. The van der Waals surface area contributed by atoms with E-state index >= 15 is 0 Å². The number of anilines is 1. The van der Waals surface area contributed by atoms with Gasteiger partial charge in [0.1, 0.15) is 0 Å². The van der Waals surface area contributed by atoms with Crippen LogP contribution < -0.4 is 11.0 Å². The van der Waals surface area contributed by atoms with Crippen LogP contribution in [0.4, 0.5) is 5.69 Å². The zero-order valence-corrected chi connectivity index (χ0v) is 13.7. The number of carbonyl (C=O) groups excluding carboxylic acids is 1. The largest absolute Gasteiger partial charge is 0.325 e. The van der Waals surface area contributed by atoms with E-state index in [1.165, 1.54) is 4.88 Å². The van der Waals surface area contributed by atoms with Crippen LogP contribution in [-0.4, -0.2) is 34.4 Å². The fourth-order valence-electron chi connectivity index (χ4n) is 2.42. The van der Waals surface area contributed by atoms with Crippen LogP contribution >= 0.6 is 11.3 Å². The Morgan fingerprint density at radius 3 is 2.83 bits per heavy atom. The first-order valence-corrected chi connectivity index (χ1v) is 8.16. The molecule has 0 saturated heterocycles. The van der Waals surface area contributed by atoms with Gasteiger partial charge in [-0.3, -0.25) is 9.69 Å². The van der Waals surface area contributed by atoms with Crippen LogP contribution in [-0.2, 0) is 4.79 Å². The number of nitrogens with one attached hydrogen (secondary N) is 3. The van der Waals surface area contributed by atoms with Crippen LogP contribution in [0.1, 0.15) is 17.8 Å². The van der Waals surface area contributed by atoms with Gasteiger partial charge in [0.15, 0.2) is 0 Å². The average molecular weight is 330 g/mol. The summed E-state index contributed by atoms with van der Waals surface area (Å²) in [6.07, 6.45) is 0. The number of hydrogen-bond acceptors (Lipinski definition) is 4. The molecule has 0 radical (unpaired) electrons. The Morgan fingerprint density at radius 2 is 2.09 bits per heavy atom. The number of aromatic amines is 2. The number of thiophene rings is 1. The Kier molecular flexibility index (Phi) is 4.31. The minimum Gasteiger partial charge on any atom is -0.325 e. The Morgan fingerprint density at radius 1 is 1.30 bits per heavy atom. The lowest BCUT2D eigenvalue weighted by Gasteiger charge is -2.23. The van der Waals surface area contributed by atoms with Crippen LogP contribution in [0.3, 0.4) is 0 Å². The smallest absolute Gasteiger partial charge is 0.323 e. The third-order valence-electron chi connectivity index (χ3n) is 3.81. The van der Waals surface area contributed by atoms with E-state index in [2.05, 4.69) is 28.3 Å². The number of aromatic nitrogens is 2. The molecular weight excluding hydrogens is 312 g/mol. The summed E-state index contributed by atoms with van der Waals surface area (Å²) in [5.74, 6) is -0.0897. The Labute approximate surface area is 137 Å². The molecule has 0 aliphatic carbocycles. The first kappa shape index (κ1) is 15.5. The lowest BCUT2D eigenvalue weighted by molar-refractivity contribution is -0.117. The number of nitrogens with zero attached hydrogens (tertiary/aromatic N) is 1. The van der Waals surface area contributed by atoms with Crippen molar-refractivity contribution in [2.75, 3.05) is 18.9 Å². The van der Waals surface area contributed by atoms with Crippen molar-refractivity contribution in [1.82, 2.24) is 14.9 Å². The maximum atomic E-state index is 12.2.